The van der Waals surface area contributed by atoms with E-state index in [9.17, 15) is 4.39 Å². The molecule has 0 aliphatic rings. The van der Waals surface area contributed by atoms with Gasteiger partial charge in [0.05, 0.1) is 18.1 Å². The predicted molar refractivity (Wildman–Crippen MR) is 136 cm³/mol. The molecule has 0 radical (unpaired) electrons. The Morgan fingerprint density at radius 2 is 1.91 bits per heavy atom. The molecular formula is C25H27FN6S. The maximum absolute atomic E-state index is 13.8. The molecule has 0 unspecified atom stereocenters. The van der Waals surface area contributed by atoms with Gasteiger partial charge >= 0.3 is 0 Å². The zero-order chi connectivity index (χ0) is 22.2. The van der Waals surface area contributed by atoms with E-state index in [2.05, 4.69) is 65.6 Å². The molecule has 6 nitrogen and oxygen atoms in total. The summed E-state index contributed by atoms with van der Waals surface area (Å²) < 4.78 is 15.7. The molecule has 0 saturated heterocycles. The first kappa shape index (κ1) is 22.8. The van der Waals surface area contributed by atoms with Gasteiger partial charge in [0.2, 0.25) is 0 Å². The summed E-state index contributed by atoms with van der Waals surface area (Å²) in [6, 6.07) is 11.8. The number of H-pyrrole nitrogens is 1. The molecule has 0 saturated carbocycles. The smallest absolute Gasteiger partial charge is 0.161 e. The Morgan fingerprint density at radius 3 is 2.70 bits per heavy atom. The number of anilines is 1. The Balaban J connectivity index is 0.00000259. The zero-order valence-electron chi connectivity index (χ0n) is 18.8. The summed E-state index contributed by atoms with van der Waals surface area (Å²) >= 11 is 0. The van der Waals surface area contributed by atoms with E-state index >= 15 is 0 Å². The van der Waals surface area contributed by atoms with Gasteiger partial charge in [0.15, 0.2) is 5.65 Å². The number of pyridine rings is 1. The maximum Gasteiger partial charge on any atom is 0.161 e. The molecular weight excluding hydrogens is 435 g/mol. The average Bonchev–Trinajstić information content (AvgIpc) is 3.38. The van der Waals surface area contributed by atoms with Crippen LogP contribution in [-0.2, 0) is 6.42 Å². The third kappa shape index (κ3) is 4.43. The number of hydrogen-bond acceptors (Lipinski definition) is 4. The lowest BCUT2D eigenvalue weighted by Crippen LogP contribution is -2.20. The van der Waals surface area contributed by atoms with Gasteiger partial charge in [-0.05, 0) is 37.0 Å². The molecule has 5 rings (SSSR count). The fourth-order valence-corrected chi connectivity index (χ4v) is 4.12. The van der Waals surface area contributed by atoms with Crippen molar-refractivity contribution in [2.24, 2.45) is 0 Å². The summed E-state index contributed by atoms with van der Waals surface area (Å²) in [5.41, 5.74) is 5.50. The van der Waals surface area contributed by atoms with Crippen molar-refractivity contribution in [2.45, 2.75) is 39.2 Å². The third-order valence-corrected chi connectivity index (χ3v) is 5.72. The van der Waals surface area contributed by atoms with E-state index < -0.39 is 0 Å². The number of fused-ring (bicyclic) bond motifs is 2. The number of aromatic nitrogens is 5. The summed E-state index contributed by atoms with van der Waals surface area (Å²) in [6.45, 7) is 6.37. The second-order valence-electron chi connectivity index (χ2n) is 8.52. The largest absolute Gasteiger partial charge is 0.367 e. The van der Waals surface area contributed by atoms with Crippen LogP contribution < -0.4 is 5.32 Å². The van der Waals surface area contributed by atoms with E-state index in [1.54, 1.807) is 6.20 Å². The minimum absolute atomic E-state index is 0. The number of nitrogens with zero attached hydrogens (tertiary/aromatic N) is 4. The highest BCUT2D eigenvalue weighted by Gasteiger charge is 2.17. The minimum atomic E-state index is -0.385. The molecule has 0 aliphatic heterocycles. The molecule has 1 aromatic carbocycles. The van der Waals surface area contributed by atoms with Gasteiger partial charge in [0, 0.05) is 46.5 Å². The average molecular weight is 463 g/mol. The van der Waals surface area contributed by atoms with Crippen molar-refractivity contribution in [3.05, 3.63) is 78.1 Å². The van der Waals surface area contributed by atoms with Crippen LogP contribution >= 0.6 is 13.5 Å². The van der Waals surface area contributed by atoms with E-state index in [1.807, 2.05) is 22.8 Å². The predicted octanol–water partition coefficient (Wildman–Crippen LogP) is 5.69. The van der Waals surface area contributed by atoms with Crippen molar-refractivity contribution in [1.82, 2.24) is 24.6 Å². The fraction of sp³-hybridized carbons (Fsp3) is 0.240. The highest BCUT2D eigenvalue weighted by atomic mass is 32.1. The highest BCUT2D eigenvalue weighted by Crippen LogP contribution is 2.28. The number of halogens is 1. The molecule has 2 N–H and O–H groups in total. The number of rotatable bonds is 6. The van der Waals surface area contributed by atoms with Crippen LogP contribution in [0.5, 0.6) is 0 Å². The highest BCUT2D eigenvalue weighted by molar-refractivity contribution is 7.59. The van der Waals surface area contributed by atoms with Crippen molar-refractivity contribution in [2.75, 3.05) is 5.32 Å². The second kappa shape index (κ2) is 9.23. The quantitative estimate of drug-likeness (QED) is 0.340. The first-order valence-corrected chi connectivity index (χ1v) is 10.8. The molecule has 8 heteroatoms. The van der Waals surface area contributed by atoms with Crippen LogP contribution in [0.4, 0.5) is 10.2 Å². The minimum Gasteiger partial charge on any atom is -0.367 e. The molecule has 5 aromatic rings. The van der Waals surface area contributed by atoms with Crippen LogP contribution in [0.15, 0.2) is 61.2 Å². The Bertz CT molecular complexity index is 1410. The molecule has 0 spiro atoms. The van der Waals surface area contributed by atoms with Crippen LogP contribution in [0.3, 0.4) is 0 Å². The Labute approximate surface area is 198 Å². The van der Waals surface area contributed by atoms with Crippen molar-refractivity contribution >= 4 is 35.9 Å². The van der Waals surface area contributed by atoms with Crippen LogP contribution in [0.2, 0.25) is 0 Å². The van der Waals surface area contributed by atoms with Gasteiger partial charge in [-0.25, -0.2) is 9.37 Å². The third-order valence-electron chi connectivity index (χ3n) is 5.72. The van der Waals surface area contributed by atoms with Gasteiger partial charge in [-0.1, -0.05) is 32.0 Å². The van der Waals surface area contributed by atoms with Crippen molar-refractivity contribution in [3.8, 4) is 11.3 Å². The molecule has 4 heterocycles. The molecule has 1 atom stereocenters. The standard InChI is InChI=1S/C25H25FN6.H2S/c1-15(2)21-14-29-32-24(10-23(31-25(21)32)18-9-19(26)13-27-11-18)30-16(3)8-17-12-28-22-7-5-4-6-20(17)22;/h4-7,9-16,28,30H,8H2,1-3H3;1H2/t16-;/m0./s1. The first-order chi connectivity index (χ1) is 15.5. The van der Waals surface area contributed by atoms with E-state index in [4.69, 9.17) is 4.98 Å². The van der Waals surface area contributed by atoms with Crippen LogP contribution in [0.1, 0.15) is 37.8 Å². The van der Waals surface area contributed by atoms with Crippen molar-refractivity contribution in [3.63, 3.8) is 0 Å². The van der Waals surface area contributed by atoms with Gasteiger partial charge < -0.3 is 10.3 Å². The first-order valence-electron chi connectivity index (χ1n) is 10.8. The van der Waals surface area contributed by atoms with Crippen molar-refractivity contribution < 1.29 is 4.39 Å². The van der Waals surface area contributed by atoms with E-state index in [0.717, 1.165) is 29.0 Å². The fourth-order valence-electron chi connectivity index (χ4n) is 4.12. The summed E-state index contributed by atoms with van der Waals surface area (Å²) in [7, 11) is 0. The lowest BCUT2D eigenvalue weighted by Gasteiger charge is -2.17. The summed E-state index contributed by atoms with van der Waals surface area (Å²) in [4.78, 5) is 12.1. The Hall–Kier alpha value is -3.39. The number of hydrogen-bond donors (Lipinski definition) is 2. The summed E-state index contributed by atoms with van der Waals surface area (Å²) in [5, 5.41) is 9.42. The summed E-state index contributed by atoms with van der Waals surface area (Å²) in [5.74, 6) is 0.690. The SMILES string of the molecule is CC(C)c1cnn2c(N[C@@H](C)Cc3c[nH]c4ccccc34)cc(-c3cncc(F)c3)nc12.S. The molecule has 0 amide bonds. The van der Waals surface area contributed by atoms with Gasteiger partial charge in [-0.15, -0.1) is 0 Å². The van der Waals surface area contributed by atoms with Gasteiger partial charge in [-0.3, -0.25) is 4.98 Å². The molecule has 33 heavy (non-hydrogen) atoms. The van der Waals surface area contributed by atoms with E-state index in [0.29, 0.717) is 11.3 Å². The molecule has 0 fully saturated rings. The zero-order valence-corrected chi connectivity index (χ0v) is 19.8. The van der Waals surface area contributed by atoms with Gasteiger partial charge in [-0.2, -0.15) is 23.1 Å². The number of benzene rings is 1. The van der Waals surface area contributed by atoms with E-state index in [1.165, 1.54) is 23.2 Å². The Kier molecular flexibility index (Phi) is 6.37. The summed E-state index contributed by atoms with van der Waals surface area (Å²) in [6.07, 6.45) is 7.59. The normalized spacial score (nSPS) is 12.3. The van der Waals surface area contributed by atoms with Crippen LogP contribution in [-0.4, -0.2) is 30.6 Å². The maximum atomic E-state index is 13.8. The van der Waals surface area contributed by atoms with Gasteiger partial charge in [0.25, 0.3) is 0 Å². The number of nitrogens with one attached hydrogen (secondary N) is 2. The monoisotopic (exact) mass is 462 g/mol. The second-order valence-corrected chi connectivity index (χ2v) is 8.52. The van der Waals surface area contributed by atoms with Crippen LogP contribution in [0.25, 0.3) is 27.8 Å². The van der Waals surface area contributed by atoms with Crippen LogP contribution in [0, 0.1) is 5.82 Å². The lowest BCUT2D eigenvalue weighted by atomic mass is 10.1. The molecule has 170 valence electrons. The van der Waals surface area contributed by atoms with Gasteiger partial charge in [0.1, 0.15) is 11.6 Å². The molecule has 4 aromatic heterocycles. The molecule has 0 aliphatic carbocycles. The Morgan fingerprint density at radius 1 is 1.09 bits per heavy atom. The number of aromatic amines is 1. The lowest BCUT2D eigenvalue weighted by molar-refractivity contribution is 0.622. The van der Waals surface area contributed by atoms with E-state index in [-0.39, 0.29) is 31.3 Å². The van der Waals surface area contributed by atoms with Crippen molar-refractivity contribution in [1.29, 1.82) is 0 Å². The molecule has 0 bridgehead atoms. The topological polar surface area (TPSA) is 70.9 Å². The number of para-hydroxylation sites is 1.